The fourth-order valence-corrected chi connectivity index (χ4v) is 3.33. The lowest BCUT2D eigenvalue weighted by molar-refractivity contribution is -0.102. The monoisotopic (exact) mass is 366 g/mol. The number of aliphatic hydroxyl groups excluding tert-OH is 3. The molecule has 12 nitrogen and oxygen atoms in total. The van der Waals surface area contributed by atoms with Crippen molar-refractivity contribution in [2.24, 2.45) is 15.5 Å². The molecule has 3 rings (SSSR count). The molecule has 1 heterocycles. The highest BCUT2D eigenvalue weighted by Crippen LogP contribution is 2.49. The molecule has 0 aromatic heterocycles. The summed E-state index contributed by atoms with van der Waals surface area (Å²) in [5.41, 5.74) is 6.08. The molecule has 0 unspecified atom stereocenters. The van der Waals surface area contributed by atoms with Gasteiger partial charge in [0.25, 0.3) is 5.91 Å². The first-order chi connectivity index (χ1) is 12.4. The molecule has 1 aromatic rings. The lowest BCUT2D eigenvalue weighted by Crippen LogP contribution is -2.52. The number of fused-ring (bicyclic) bond motifs is 1. The summed E-state index contributed by atoms with van der Waals surface area (Å²) in [5.74, 6) is -2.24. The van der Waals surface area contributed by atoms with Crippen molar-refractivity contribution < 1.29 is 29.6 Å². The number of hydrogen-bond acceptors (Lipinski definition) is 11. The maximum absolute atomic E-state index is 12.1. The molecule has 26 heavy (non-hydrogen) atoms. The number of nitrogens with zero attached hydrogens (tertiary/aromatic N) is 3. The Bertz CT molecular complexity index is 785. The Kier molecular flexibility index (Phi) is 4.71. The Balaban J connectivity index is 2.20. The summed E-state index contributed by atoms with van der Waals surface area (Å²) in [6.45, 7) is -0.236. The fourth-order valence-electron chi connectivity index (χ4n) is 3.33. The molecule has 12 heteroatoms. The minimum atomic E-state index is -1.72. The Hall–Kier alpha value is -2.83. The zero-order valence-electron chi connectivity index (χ0n) is 13.1. The van der Waals surface area contributed by atoms with Crippen LogP contribution < -0.4 is 9.47 Å². The van der Waals surface area contributed by atoms with Gasteiger partial charge in [-0.25, -0.2) is 5.53 Å². The Morgan fingerprint density at radius 1 is 1.15 bits per heavy atom. The van der Waals surface area contributed by atoms with E-state index in [0.717, 1.165) is 0 Å². The second kappa shape index (κ2) is 6.82. The van der Waals surface area contributed by atoms with E-state index < -0.39 is 47.4 Å². The van der Waals surface area contributed by atoms with E-state index in [1.165, 1.54) is 6.07 Å². The van der Waals surface area contributed by atoms with E-state index in [-0.39, 0.29) is 30.3 Å². The van der Waals surface area contributed by atoms with Gasteiger partial charge in [0.05, 0.1) is 11.7 Å². The first kappa shape index (κ1) is 18.0. The van der Waals surface area contributed by atoms with Crippen LogP contribution in [-0.4, -0.2) is 52.4 Å². The Morgan fingerprint density at radius 2 is 1.88 bits per heavy atom. The number of aliphatic hydroxyl groups is 3. The van der Waals surface area contributed by atoms with Crippen molar-refractivity contribution in [1.82, 2.24) is 0 Å². The molecule has 0 saturated heterocycles. The van der Waals surface area contributed by atoms with E-state index in [9.17, 15) is 29.9 Å². The van der Waals surface area contributed by atoms with Crippen LogP contribution in [0, 0.1) is 15.3 Å². The van der Waals surface area contributed by atoms with Crippen LogP contribution in [0.5, 0.6) is 11.5 Å². The molecule has 1 aromatic carbocycles. The zero-order valence-corrected chi connectivity index (χ0v) is 13.1. The van der Waals surface area contributed by atoms with Crippen LogP contribution in [0.2, 0.25) is 0 Å². The van der Waals surface area contributed by atoms with E-state index in [4.69, 9.17) is 15.0 Å². The van der Waals surface area contributed by atoms with E-state index in [2.05, 4.69) is 15.5 Å². The highest BCUT2D eigenvalue weighted by Gasteiger charge is 2.46. The SMILES string of the molecule is N=NC(=O)c1c([C@@H]2C[C@H](N=O)[C@H](O)[C@@H](O)[C@@H]2O)cc2c(c1N=O)OCO2. The van der Waals surface area contributed by atoms with Gasteiger partial charge in [0.1, 0.15) is 18.2 Å². The molecule has 4 N–H and O–H groups in total. The lowest BCUT2D eigenvalue weighted by Gasteiger charge is -2.38. The summed E-state index contributed by atoms with van der Waals surface area (Å²) >= 11 is 0. The molecular formula is C14H14N4O8. The Morgan fingerprint density at radius 3 is 2.50 bits per heavy atom. The summed E-state index contributed by atoms with van der Waals surface area (Å²) in [6.07, 6.45) is -5.11. The van der Waals surface area contributed by atoms with Gasteiger partial charge in [-0.2, -0.15) is 4.91 Å². The van der Waals surface area contributed by atoms with Gasteiger partial charge < -0.3 is 24.8 Å². The number of hydrogen-bond donors (Lipinski definition) is 4. The summed E-state index contributed by atoms with van der Waals surface area (Å²) < 4.78 is 10.3. The average molecular weight is 366 g/mol. The van der Waals surface area contributed by atoms with Crippen LogP contribution in [0.15, 0.2) is 21.5 Å². The average Bonchev–Trinajstić information content (AvgIpc) is 3.12. The van der Waals surface area contributed by atoms with Crippen LogP contribution in [-0.2, 0) is 0 Å². The van der Waals surface area contributed by atoms with Gasteiger partial charge in [0.2, 0.25) is 6.79 Å². The molecular weight excluding hydrogens is 352 g/mol. The maximum atomic E-state index is 12.1. The van der Waals surface area contributed by atoms with Crippen molar-refractivity contribution in [3.63, 3.8) is 0 Å². The van der Waals surface area contributed by atoms with Crippen molar-refractivity contribution in [3.05, 3.63) is 27.0 Å². The summed E-state index contributed by atoms with van der Waals surface area (Å²) in [4.78, 5) is 34.4. The van der Waals surface area contributed by atoms with Crippen molar-refractivity contribution in [2.75, 3.05) is 6.79 Å². The van der Waals surface area contributed by atoms with E-state index in [1.54, 1.807) is 0 Å². The topological polar surface area (TPSA) is 191 Å². The standard InChI is InChI=1S/C14H14N4O8/c15-16-14(22)8-4(2-7-13(9(8)18-24)26-3-25-7)5-1-6(17-23)11(20)12(21)10(5)19/h2,5-6,10-12,15,19-21H,1,3H2/t5-,6-,10+,11-,12-/m0/s1. The number of carbonyl (C=O) groups is 1. The van der Waals surface area contributed by atoms with E-state index >= 15 is 0 Å². The number of carbonyl (C=O) groups excluding carboxylic acids is 1. The molecule has 0 spiro atoms. The third-order valence-electron chi connectivity index (χ3n) is 4.61. The molecule has 0 bridgehead atoms. The number of amides is 1. The van der Waals surface area contributed by atoms with Crippen molar-refractivity contribution in [1.29, 1.82) is 5.53 Å². The lowest BCUT2D eigenvalue weighted by atomic mass is 9.74. The van der Waals surface area contributed by atoms with Gasteiger partial charge in [0.15, 0.2) is 17.2 Å². The van der Waals surface area contributed by atoms with Crippen LogP contribution >= 0.6 is 0 Å². The van der Waals surface area contributed by atoms with Crippen LogP contribution in [0.4, 0.5) is 5.69 Å². The molecule has 1 amide bonds. The normalized spacial score (nSPS) is 29.9. The predicted octanol–water partition coefficient (Wildman–Crippen LogP) is 0.689. The van der Waals surface area contributed by atoms with Gasteiger partial charge in [-0.3, -0.25) is 4.79 Å². The summed E-state index contributed by atoms with van der Waals surface area (Å²) in [7, 11) is 0. The maximum Gasteiger partial charge on any atom is 0.297 e. The second-order valence-electron chi connectivity index (χ2n) is 5.92. The third kappa shape index (κ3) is 2.64. The quantitative estimate of drug-likeness (QED) is 0.441. The second-order valence-corrected chi connectivity index (χ2v) is 5.92. The molecule has 0 radical (unpaired) electrons. The minimum Gasteiger partial charge on any atom is -0.453 e. The predicted molar refractivity (Wildman–Crippen MR) is 82.5 cm³/mol. The fraction of sp³-hybridized carbons (Fsp3) is 0.500. The number of nitroso groups, excluding NO2 is 2. The number of nitrogens with one attached hydrogen (secondary N) is 1. The van der Waals surface area contributed by atoms with Crippen molar-refractivity contribution >= 4 is 11.6 Å². The first-order valence-electron chi connectivity index (χ1n) is 7.52. The summed E-state index contributed by atoms with van der Waals surface area (Å²) in [5, 5.41) is 38.5. The van der Waals surface area contributed by atoms with Crippen molar-refractivity contribution in [3.8, 4) is 11.5 Å². The van der Waals surface area contributed by atoms with Crippen LogP contribution in [0.25, 0.3) is 0 Å². The highest BCUT2D eigenvalue weighted by molar-refractivity contribution is 6.02. The van der Waals surface area contributed by atoms with Gasteiger partial charge in [0, 0.05) is 5.92 Å². The molecule has 1 aliphatic heterocycles. The summed E-state index contributed by atoms with van der Waals surface area (Å²) in [6, 6.07) is 0.0302. The first-order valence-corrected chi connectivity index (χ1v) is 7.52. The smallest absolute Gasteiger partial charge is 0.297 e. The van der Waals surface area contributed by atoms with Gasteiger partial charge in [-0.05, 0) is 23.2 Å². The third-order valence-corrected chi connectivity index (χ3v) is 4.61. The minimum absolute atomic E-state index is 0.0167. The molecule has 5 atom stereocenters. The van der Waals surface area contributed by atoms with E-state index in [1.807, 2.05) is 0 Å². The van der Waals surface area contributed by atoms with Gasteiger partial charge in [-0.15, -0.1) is 10.0 Å². The Labute approximate surface area is 145 Å². The van der Waals surface area contributed by atoms with Gasteiger partial charge in [-0.1, -0.05) is 5.18 Å². The molecule has 1 saturated carbocycles. The highest BCUT2D eigenvalue weighted by atomic mass is 16.7. The van der Waals surface area contributed by atoms with Crippen LogP contribution in [0.3, 0.4) is 0 Å². The number of benzene rings is 1. The van der Waals surface area contributed by atoms with E-state index in [0.29, 0.717) is 0 Å². The van der Waals surface area contributed by atoms with Crippen LogP contribution in [0.1, 0.15) is 28.3 Å². The van der Waals surface area contributed by atoms with Gasteiger partial charge >= 0.3 is 0 Å². The molecule has 138 valence electrons. The largest absolute Gasteiger partial charge is 0.453 e. The van der Waals surface area contributed by atoms with Crippen molar-refractivity contribution in [2.45, 2.75) is 36.7 Å². The number of ether oxygens (including phenoxy) is 2. The number of rotatable bonds is 4. The molecule has 2 aliphatic rings. The molecule has 1 fully saturated rings. The zero-order chi connectivity index (χ0) is 19.0. The molecule has 1 aliphatic carbocycles.